The van der Waals surface area contributed by atoms with E-state index in [1.165, 1.54) is 29.3 Å². The molecule has 8 heteroatoms. The summed E-state index contributed by atoms with van der Waals surface area (Å²) in [5.41, 5.74) is 5.07. The highest BCUT2D eigenvalue weighted by Gasteiger charge is 2.22. The van der Waals surface area contributed by atoms with E-state index in [9.17, 15) is 19.7 Å². The molecule has 1 heterocycles. The molecule has 0 spiro atoms. The zero-order valence-corrected chi connectivity index (χ0v) is 20.9. The number of carbonyl (C=O) groups excluding carboxylic acids is 2. The van der Waals surface area contributed by atoms with Crippen LogP contribution in [0.4, 0.5) is 17.1 Å². The minimum atomic E-state index is -0.471. The molecule has 3 aromatic carbocycles. The van der Waals surface area contributed by atoms with Crippen LogP contribution in [0.2, 0.25) is 0 Å². The number of nitro benzene ring substituents is 1. The van der Waals surface area contributed by atoms with E-state index in [0.29, 0.717) is 23.4 Å². The highest BCUT2D eigenvalue weighted by molar-refractivity contribution is 6.05. The fourth-order valence-corrected chi connectivity index (χ4v) is 4.24. The number of non-ortho nitro benzene ring substituents is 1. The van der Waals surface area contributed by atoms with Gasteiger partial charge in [-0.05, 0) is 72.9 Å². The van der Waals surface area contributed by atoms with Gasteiger partial charge in [0.2, 0.25) is 5.91 Å². The van der Waals surface area contributed by atoms with E-state index in [-0.39, 0.29) is 23.5 Å². The van der Waals surface area contributed by atoms with Crippen LogP contribution >= 0.6 is 0 Å². The molecule has 0 bridgehead atoms. The average molecular weight is 499 g/mol. The lowest BCUT2D eigenvalue weighted by Gasteiger charge is -2.32. The molecule has 0 radical (unpaired) electrons. The van der Waals surface area contributed by atoms with Crippen LogP contribution in [0.5, 0.6) is 0 Å². The first-order valence-electron chi connectivity index (χ1n) is 12.3. The van der Waals surface area contributed by atoms with Crippen molar-refractivity contribution in [2.75, 3.05) is 16.8 Å². The molecular weight excluding hydrogens is 468 g/mol. The topological polar surface area (TPSA) is 105 Å². The Morgan fingerprint density at radius 1 is 1.08 bits per heavy atom. The summed E-state index contributed by atoms with van der Waals surface area (Å²) in [4.78, 5) is 38.3. The van der Waals surface area contributed by atoms with E-state index in [2.05, 4.69) is 27.7 Å². The van der Waals surface area contributed by atoms with Gasteiger partial charge in [0, 0.05) is 48.7 Å². The van der Waals surface area contributed by atoms with Gasteiger partial charge >= 0.3 is 0 Å². The minimum Gasteiger partial charge on any atom is -0.366 e. The normalized spacial score (nSPS) is 13.6. The first-order valence-corrected chi connectivity index (χ1v) is 12.3. The van der Waals surface area contributed by atoms with Crippen molar-refractivity contribution < 1.29 is 14.5 Å². The molecule has 0 unspecified atom stereocenters. The first kappa shape index (κ1) is 25.6. The van der Waals surface area contributed by atoms with Crippen molar-refractivity contribution in [3.63, 3.8) is 0 Å². The van der Waals surface area contributed by atoms with Crippen LogP contribution in [-0.4, -0.2) is 29.3 Å². The predicted molar refractivity (Wildman–Crippen MR) is 146 cm³/mol. The number of nitrogens with one attached hydrogen (secondary N) is 2. The molecule has 0 aromatic heterocycles. The first-order chi connectivity index (χ1) is 17.8. The Balaban J connectivity index is 1.54. The molecule has 2 amide bonds. The highest BCUT2D eigenvalue weighted by Crippen LogP contribution is 2.30. The molecule has 3 aromatic rings. The Labute approximate surface area is 216 Å². The molecule has 4 rings (SSSR count). The molecule has 190 valence electrons. The number of benzene rings is 3. The van der Waals surface area contributed by atoms with Crippen molar-refractivity contribution in [3.8, 4) is 0 Å². The summed E-state index contributed by atoms with van der Waals surface area (Å²) in [7, 11) is 0. The van der Waals surface area contributed by atoms with Crippen LogP contribution in [0.15, 0.2) is 72.8 Å². The summed E-state index contributed by atoms with van der Waals surface area (Å²) in [6.07, 6.45) is 4.64. The summed E-state index contributed by atoms with van der Waals surface area (Å²) in [6, 6.07) is 19.7. The summed E-state index contributed by atoms with van der Waals surface area (Å²) in [5, 5.41) is 16.7. The van der Waals surface area contributed by atoms with E-state index < -0.39 is 4.92 Å². The molecule has 2 N–H and O–H groups in total. The Kier molecular flexibility index (Phi) is 7.98. The van der Waals surface area contributed by atoms with Crippen molar-refractivity contribution in [1.29, 1.82) is 0 Å². The van der Waals surface area contributed by atoms with Gasteiger partial charge in [-0.1, -0.05) is 31.2 Å². The Morgan fingerprint density at radius 3 is 2.51 bits per heavy atom. The van der Waals surface area contributed by atoms with Gasteiger partial charge in [0.25, 0.3) is 11.6 Å². The standard InChI is InChI=1S/C29H30N4O4/c1-3-20(2)30-29(35)26-18-24(31-28(34)15-10-21-8-12-25(13-9-21)33(36)37)11-14-27(26)32-17-16-22-6-4-5-7-23(22)19-32/h4-15,18,20H,3,16-17,19H2,1-2H3,(H,30,35)(H,31,34)/b15-10+/t20-/m0/s1. The molecule has 0 saturated carbocycles. The second-order valence-corrected chi connectivity index (χ2v) is 9.13. The number of fused-ring (bicyclic) bond motifs is 1. The van der Waals surface area contributed by atoms with Crippen LogP contribution in [0.1, 0.15) is 47.3 Å². The second-order valence-electron chi connectivity index (χ2n) is 9.13. The molecule has 1 atom stereocenters. The molecule has 1 aliphatic rings. The van der Waals surface area contributed by atoms with Crippen LogP contribution in [0, 0.1) is 10.1 Å². The van der Waals surface area contributed by atoms with E-state index >= 15 is 0 Å². The number of nitrogens with zero attached hydrogens (tertiary/aromatic N) is 2. The number of anilines is 2. The largest absolute Gasteiger partial charge is 0.366 e. The minimum absolute atomic E-state index is 0.0120. The lowest BCUT2D eigenvalue weighted by molar-refractivity contribution is -0.384. The van der Waals surface area contributed by atoms with Gasteiger partial charge in [-0.2, -0.15) is 0 Å². The molecule has 37 heavy (non-hydrogen) atoms. The number of hydrogen-bond donors (Lipinski definition) is 2. The maximum Gasteiger partial charge on any atom is 0.269 e. The molecular formula is C29H30N4O4. The number of hydrogen-bond acceptors (Lipinski definition) is 5. The average Bonchev–Trinajstić information content (AvgIpc) is 2.91. The predicted octanol–water partition coefficient (Wildman–Crippen LogP) is 5.34. The third-order valence-electron chi connectivity index (χ3n) is 6.50. The number of carbonyl (C=O) groups is 2. The number of amides is 2. The quantitative estimate of drug-likeness (QED) is 0.248. The van der Waals surface area contributed by atoms with Gasteiger partial charge in [0.15, 0.2) is 0 Å². The summed E-state index contributed by atoms with van der Waals surface area (Å²) < 4.78 is 0. The fraction of sp³-hybridized carbons (Fsp3) is 0.241. The number of rotatable bonds is 8. The summed E-state index contributed by atoms with van der Waals surface area (Å²) in [6.45, 7) is 5.48. The molecule has 0 aliphatic carbocycles. The molecule has 1 aliphatic heterocycles. The van der Waals surface area contributed by atoms with Gasteiger partial charge in [-0.25, -0.2) is 0 Å². The van der Waals surface area contributed by atoms with Crippen molar-refractivity contribution in [3.05, 3.63) is 105 Å². The Bertz CT molecular complexity index is 1330. The summed E-state index contributed by atoms with van der Waals surface area (Å²) in [5.74, 6) is -0.549. The number of nitro groups is 1. The maximum absolute atomic E-state index is 13.2. The third-order valence-corrected chi connectivity index (χ3v) is 6.50. The van der Waals surface area contributed by atoms with Gasteiger partial charge in [-0.3, -0.25) is 19.7 Å². The lowest BCUT2D eigenvalue weighted by Crippen LogP contribution is -2.35. The zero-order valence-electron chi connectivity index (χ0n) is 20.9. The van der Waals surface area contributed by atoms with Crippen molar-refractivity contribution >= 4 is 35.0 Å². The fourth-order valence-electron chi connectivity index (χ4n) is 4.24. The molecule has 0 saturated heterocycles. The van der Waals surface area contributed by atoms with Gasteiger partial charge in [-0.15, -0.1) is 0 Å². The highest BCUT2D eigenvalue weighted by atomic mass is 16.6. The van der Waals surface area contributed by atoms with Crippen molar-refractivity contribution in [1.82, 2.24) is 5.32 Å². The van der Waals surface area contributed by atoms with Gasteiger partial charge in [0.05, 0.1) is 10.5 Å². The van der Waals surface area contributed by atoms with E-state index in [1.807, 2.05) is 32.0 Å². The Hall–Kier alpha value is -4.46. The summed E-state index contributed by atoms with van der Waals surface area (Å²) >= 11 is 0. The van der Waals surface area contributed by atoms with E-state index in [4.69, 9.17) is 0 Å². The van der Waals surface area contributed by atoms with Crippen LogP contribution in [0.3, 0.4) is 0 Å². The van der Waals surface area contributed by atoms with Crippen molar-refractivity contribution in [2.45, 2.75) is 39.3 Å². The third kappa shape index (κ3) is 6.41. The Morgan fingerprint density at radius 2 is 1.81 bits per heavy atom. The van der Waals surface area contributed by atoms with Crippen LogP contribution in [0.25, 0.3) is 6.08 Å². The van der Waals surface area contributed by atoms with Crippen LogP contribution < -0.4 is 15.5 Å². The van der Waals surface area contributed by atoms with Gasteiger partial charge < -0.3 is 15.5 Å². The van der Waals surface area contributed by atoms with E-state index in [1.54, 1.807) is 30.3 Å². The second kappa shape index (κ2) is 11.5. The zero-order chi connectivity index (χ0) is 26.4. The SMILES string of the molecule is CC[C@H](C)NC(=O)c1cc(NC(=O)/C=C/c2ccc([N+](=O)[O-])cc2)ccc1N1CCc2ccccc2C1. The van der Waals surface area contributed by atoms with Gasteiger partial charge in [0.1, 0.15) is 0 Å². The maximum atomic E-state index is 13.2. The van der Waals surface area contributed by atoms with Crippen LogP contribution in [-0.2, 0) is 17.8 Å². The van der Waals surface area contributed by atoms with E-state index in [0.717, 1.165) is 25.1 Å². The smallest absolute Gasteiger partial charge is 0.269 e. The monoisotopic (exact) mass is 498 g/mol. The molecule has 0 fully saturated rings. The lowest BCUT2D eigenvalue weighted by atomic mass is 9.98. The van der Waals surface area contributed by atoms with Crippen molar-refractivity contribution in [2.24, 2.45) is 0 Å². The molecule has 8 nitrogen and oxygen atoms in total.